The lowest BCUT2D eigenvalue weighted by Crippen LogP contribution is -2.25. The van der Waals surface area contributed by atoms with E-state index in [0.717, 1.165) is 12.4 Å². The second-order valence-corrected chi connectivity index (χ2v) is 5.91. The molecule has 19 heavy (non-hydrogen) atoms. The number of nitrogens with one attached hydrogen (secondary N) is 1. The summed E-state index contributed by atoms with van der Waals surface area (Å²) in [6.07, 6.45) is 5.70. The zero-order valence-corrected chi connectivity index (χ0v) is 12.5. The highest BCUT2D eigenvalue weighted by molar-refractivity contribution is 5.46. The third-order valence-corrected chi connectivity index (χ3v) is 3.75. The monoisotopic (exact) mass is 261 g/mol. The van der Waals surface area contributed by atoms with E-state index in [9.17, 15) is 0 Å². The number of nitrogens with zero attached hydrogens (tertiary/aromatic N) is 2. The first-order valence-electron chi connectivity index (χ1n) is 7.65. The Morgan fingerprint density at radius 2 is 2.32 bits per heavy atom. The van der Waals surface area contributed by atoms with Crippen LogP contribution < -0.4 is 5.32 Å². The summed E-state index contributed by atoms with van der Waals surface area (Å²) in [5.74, 6) is 1.73. The van der Waals surface area contributed by atoms with Crippen molar-refractivity contribution in [2.45, 2.75) is 46.1 Å². The highest BCUT2D eigenvalue weighted by Crippen LogP contribution is 2.34. The van der Waals surface area contributed by atoms with E-state index in [2.05, 4.69) is 48.1 Å². The Hall–Kier alpha value is -1.09. The molecule has 106 valence electrons. The zero-order chi connectivity index (χ0) is 13.7. The van der Waals surface area contributed by atoms with E-state index >= 15 is 0 Å². The molecular weight excluding hydrogens is 234 g/mol. The van der Waals surface area contributed by atoms with Crippen LogP contribution in [-0.4, -0.2) is 29.5 Å². The molecule has 1 aliphatic rings. The van der Waals surface area contributed by atoms with Crippen LogP contribution in [0.3, 0.4) is 0 Å². The third-order valence-electron chi connectivity index (χ3n) is 3.75. The van der Waals surface area contributed by atoms with Crippen LogP contribution in [0.5, 0.6) is 0 Å². The molecule has 1 unspecified atom stereocenters. The molecule has 1 atom stereocenters. The van der Waals surface area contributed by atoms with Gasteiger partial charge in [0.25, 0.3) is 0 Å². The minimum atomic E-state index is 0.559. The molecule has 1 N–H and O–H groups in total. The van der Waals surface area contributed by atoms with Crippen molar-refractivity contribution in [2.75, 3.05) is 25.0 Å². The quantitative estimate of drug-likeness (QED) is 0.846. The van der Waals surface area contributed by atoms with E-state index in [0.29, 0.717) is 12.0 Å². The van der Waals surface area contributed by atoms with Crippen LogP contribution in [-0.2, 0) is 0 Å². The number of hydrogen-bond acceptors (Lipinski definition) is 3. The van der Waals surface area contributed by atoms with Gasteiger partial charge in [0.1, 0.15) is 5.82 Å². The van der Waals surface area contributed by atoms with Gasteiger partial charge in [0, 0.05) is 24.3 Å². The smallest absolute Gasteiger partial charge is 0.130 e. The first-order chi connectivity index (χ1) is 9.22. The minimum Gasteiger partial charge on any atom is -0.370 e. The molecule has 1 aromatic heterocycles. The topological polar surface area (TPSA) is 28.2 Å². The van der Waals surface area contributed by atoms with E-state index in [4.69, 9.17) is 0 Å². The number of anilines is 1. The predicted molar refractivity (Wildman–Crippen MR) is 81.4 cm³/mol. The molecule has 1 fully saturated rings. The predicted octanol–water partition coefficient (Wildman–Crippen LogP) is 3.70. The van der Waals surface area contributed by atoms with Gasteiger partial charge in [-0.2, -0.15) is 0 Å². The van der Waals surface area contributed by atoms with Gasteiger partial charge in [-0.05, 0) is 44.3 Å². The molecule has 3 heteroatoms. The Labute approximate surface area is 117 Å². The van der Waals surface area contributed by atoms with Crippen LogP contribution in [0, 0.1) is 5.92 Å². The fourth-order valence-electron chi connectivity index (χ4n) is 2.87. The zero-order valence-electron chi connectivity index (χ0n) is 12.5. The highest BCUT2D eigenvalue weighted by atomic mass is 15.2. The molecule has 0 amide bonds. The fraction of sp³-hybridized carbons (Fsp3) is 0.688. The molecule has 0 aliphatic carbocycles. The Bertz CT molecular complexity index is 389. The van der Waals surface area contributed by atoms with Gasteiger partial charge in [0.15, 0.2) is 0 Å². The molecule has 1 aliphatic heterocycles. The third kappa shape index (κ3) is 3.69. The second kappa shape index (κ2) is 6.90. The maximum absolute atomic E-state index is 4.55. The van der Waals surface area contributed by atoms with Crippen LogP contribution in [0.1, 0.15) is 51.6 Å². The Morgan fingerprint density at radius 1 is 1.47 bits per heavy atom. The first-order valence-corrected chi connectivity index (χ1v) is 7.65. The standard InChI is InChI=1S/C16H27N3/c1-4-10-19-11-6-8-15(19)14-7-5-9-17-16(14)18-12-13(2)3/h5,7,9,13,15H,4,6,8,10-12H2,1-3H3,(H,17,18). The lowest BCUT2D eigenvalue weighted by Gasteiger charge is -2.26. The van der Waals surface area contributed by atoms with Crippen molar-refractivity contribution < 1.29 is 0 Å². The minimum absolute atomic E-state index is 0.559. The maximum atomic E-state index is 4.55. The normalized spacial score (nSPS) is 20.1. The lowest BCUT2D eigenvalue weighted by atomic mass is 10.0. The Morgan fingerprint density at radius 3 is 3.05 bits per heavy atom. The number of pyridine rings is 1. The molecule has 3 nitrogen and oxygen atoms in total. The van der Waals surface area contributed by atoms with Crippen molar-refractivity contribution in [2.24, 2.45) is 5.92 Å². The molecule has 0 spiro atoms. The van der Waals surface area contributed by atoms with Gasteiger partial charge in [-0.3, -0.25) is 4.90 Å². The number of rotatable bonds is 6. The summed E-state index contributed by atoms with van der Waals surface area (Å²) in [6, 6.07) is 4.87. The summed E-state index contributed by atoms with van der Waals surface area (Å²) in [5, 5.41) is 3.51. The van der Waals surface area contributed by atoms with Gasteiger partial charge in [-0.1, -0.05) is 26.8 Å². The van der Waals surface area contributed by atoms with Crippen LogP contribution in [0.4, 0.5) is 5.82 Å². The van der Waals surface area contributed by atoms with Crippen LogP contribution in [0.25, 0.3) is 0 Å². The van der Waals surface area contributed by atoms with Crippen molar-refractivity contribution in [3.8, 4) is 0 Å². The number of likely N-dealkylation sites (tertiary alicyclic amines) is 1. The lowest BCUT2D eigenvalue weighted by molar-refractivity contribution is 0.258. The summed E-state index contributed by atoms with van der Waals surface area (Å²) in [4.78, 5) is 7.16. The molecule has 2 rings (SSSR count). The van der Waals surface area contributed by atoms with E-state index in [1.165, 1.54) is 37.9 Å². The molecule has 0 radical (unpaired) electrons. The van der Waals surface area contributed by atoms with Crippen LogP contribution in [0.15, 0.2) is 18.3 Å². The summed E-state index contributed by atoms with van der Waals surface area (Å²) >= 11 is 0. The fourth-order valence-corrected chi connectivity index (χ4v) is 2.87. The Kier molecular flexibility index (Phi) is 5.20. The van der Waals surface area contributed by atoms with Crippen molar-refractivity contribution in [1.82, 2.24) is 9.88 Å². The summed E-state index contributed by atoms with van der Waals surface area (Å²) < 4.78 is 0. The highest BCUT2D eigenvalue weighted by Gasteiger charge is 2.27. The summed E-state index contributed by atoms with van der Waals surface area (Å²) in [6.45, 7) is 10.1. The SMILES string of the molecule is CCCN1CCCC1c1cccnc1NCC(C)C. The van der Waals surface area contributed by atoms with E-state index in [1.807, 2.05) is 6.20 Å². The van der Waals surface area contributed by atoms with Gasteiger partial charge >= 0.3 is 0 Å². The van der Waals surface area contributed by atoms with Crippen LogP contribution >= 0.6 is 0 Å². The van der Waals surface area contributed by atoms with E-state index < -0.39 is 0 Å². The van der Waals surface area contributed by atoms with Gasteiger partial charge < -0.3 is 5.32 Å². The number of hydrogen-bond donors (Lipinski definition) is 1. The maximum Gasteiger partial charge on any atom is 0.130 e. The second-order valence-electron chi connectivity index (χ2n) is 5.91. The average Bonchev–Trinajstić information content (AvgIpc) is 2.85. The van der Waals surface area contributed by atoms with Gasteiger partial charge in [-0.15, -0.1) is 0 Å². The largest absolute Gasteiger partial charge is 0.370 e. The molecule has 0 aromatic carbocycles. The van der Waals surface area contributed by atoms with E-state index in [-0.39, 0.29) is 0 Å². The molecule has 0 bridgehead atoms. The van der Waals surface area contributed by atoms with Crippen molar-refractivity contribution in [1.29, 1.82) is 0 Å². The molecule has 2 heterocycles. The van der Waals surface area contributed by atoms with Crippen molar-refractivity contribution in [3.63, 3.8) is 0 Å². The molecule has 0 saturated carbocycles. The molecule has 1 saturated heterocycles. The number of aromatic nitrogens is 1. The summed E-state index contributed by atoms with van der Waals surface area (Å²) in [7, 11) is 0. The summed E-state index contributed by atoms with van der Waals surface area (Å²) in [5.41, 5.74) is 1.38. The van der Waals surface area contributed by atoms with Gasteiger partial charge in [-0.25, -0.2) is 4.98 Å². The first kappa shape index (κ1) is 14.3. The average molecular weight is 261 g/mol. The molecular formula is C16H27N3. The Balaban J connectivity index is 2.14. The van der Waals surface area contributed by atoms with E-state index in [1.54, 1.807) is 0 Å². The van der Waals surface area contributed by atoms with Crippen LogP contribution in [0.2, 0.25) is 0 Å². The van der Waals surface area contributed by atoms with Crippen molar-refractivity contribution in [3.05, 3.63) is 23.9 Å². The van der Waals surface area contributed by atoms with Gasteiger partial charge in [0.05, 0.1) is 0 Å². The van der Waals surface area contributed by atoms with Gasteiger partial charge in [0.2, 0.25) is 0 Å². The molecule has 1 aromatic rings. The van der Waals surface area contributed by atoms with Crippen molar-refractivity contribution >= 4 is 5.82 Å².